The van der Waals surface area contributed by atoms with Gasteiger partial charge in [0.25, 0.3) is 0 Å². The molecule has 0 saturated carbocycles. The lowest BCUT2D eigenvalue weighted by Gasteiger charge is -2.38. The van der Waals surface area contributed by atoms with E-state index in [-0.39, 0.29) is 22.1 Å². The van der Waals surface area contributed by atoms with Crippen molar-refractivity contribution >= 4 is 69.9 Å². The van der Waals surface area contributed by atoms with E-state index in [4.69, 9.17) is 38.6 Å². The third-order valence-electron chi connectivity index (χ3n) is 6.89. The third-order valence-corrected chi connectivity index (χ3v) is 7.56. The number of hydrogen-bond donors (Lipinski definition) is 1. The second kappa shape index (κ2) is 13.1. The van der Waals surface area contributed by atoms with E-state index in [9.17, 15) is 19.2 Å². The minimum absolute atomic E-state index is 0.164. The van der Waals surface area contributed by atoms with Crippen LogP contribution in [-0.4, -0.2) is 115 Å². The number of nitrogens with zero attached hydrogens (tertiary/aromatic N) is 4. The predicted molar refractivity (Wildman–Crippen MR) is 158 cm³/mol. The van der Waals surface area contributed by atoms with Crippen molar-refractivity contribution in [3.63, 3.8) is 0 Å². The quantitative estimate of drug-likeness (QED) is 0.276. The number of nitrogens with one attached hydrogen (secondary N) is 1. The van der Waals surface area contributed by atoms with Gasteiger partial charge >= 0.3 is 17.9 Å². The van der Waals surface area contributed by atoms with Crippen molar-refractivity contribution in [1.29, 1.82) is 0 Å². The summed E-state index contributed by atoms with van der Waals surface area (Å²) in [4.78, 5) is 59.3. The number of carbonyl (C=O) groups is 4. The number of carbonyl (C=O) groups excluding carboxylic acids is 4. The van der Waals surface area contributed by atoms with Crippen LogP contribution in [0.3, 0.4) is 0 Å². The van der Waals surface area contributed by atoms with Crippen molar-refractivity contribution in [2.75, 3.05) is 65.9 Å². The highest BCUT2D eigenvalue weighted by Crippen LogP contribution is 2.24. The van der Waals surface area contributed by atoms with Gasteiger partial charge in [0.05, 0.1) is 55.3 Å². The third kappa shape index (κ3) is 6.66. The Morgan fingerprint density at radius 2 is 1.68 bits per heavy atom. The monoisotopic (exact) mass is 599 g/mol. The van der Waals surface area contributed by atoms with Crippen molar-refractivity contribution < 1.29 is 33.4 Å². The van der Waals surface area contributed by atoms with Gasteiger partial charge in [0, 0.05) is 39.3 Å². The van der Waals surface area contributed by atoms with E-state index >= 15 is 0 Å². The van der Waals surface area contributed by atoms with Gasteiger partial charge in [-0.2, -0.15) is 0 Å². The fourth-order valence-electron chi connectivity index (χ4n) is 4.58. The number of esters is 3. The van der Waals surface area contributed by atoms with Crippen LogP contribution in [0.2, 0.25) is 0 Å². The summed E-state index contributed by atoms with van der Waals surface area (Å²) in [7, 11) is 3.84. The lowest BCUT2D eigenvalue weighted by molar-refractivity contribution is -0.135. The molecule has 4 rings (SSSR count). The number of fused-ring (bicyclic) bond motifs is 1. The topological polar surface area (TPSA) is 130 Å². The lowest BCUT2D eigenvalue weighted by atomic mass is 9.92. The van der Waals surface area contributed by atoms with Crippen molar-refractivity contribution in [2.45, 2.75) is 0 Å². The second-order valence-electron chi connectivity index (χ2n) is 9.24. The number of piperazine rings is 1. The summed E-state index contributed by atoms with van der Waals surface area (Å²) < 4.78 is 14.4. The Morgan fingerprint density at radius 1 is 1.00 bits per heavy atom. The first-order chi connectivity index (χ1) is 19.7. The van der Waals surface area contributed by atoms with Gasteiger partial charge in [0.15, 0.2) is 5.11 Å². The lowest BCUT2D eigenvalue weighted by Crippen LogP contribution is -2.53. The van der Waals surface area contributed by atoms with E-state index in [0.29, 0.717) is 61.4 Å². The average Bonchev–Trinajstić information content (AvgIpc) is 2.99. The normalized spacial score (nSPS) is 18.7. The van der Waals surface area contributed by atoms with Crippen LogP contribution in [0.15, 0.2) is 47.0 Å². The molecule has 1 amide bonds. The minimum Gasteiger partial charge on any atom is -0.465 e. The number of rotatable bonds is 7. The highest BCUT2D eigenvalue weighted by atomic mass is 32.1. The molecule has 2 aliphatic heterocycles. The Kier molecular flexibility index (Phi) is 9.57. The number of amides is 1. The molecule has 0 aromatic heterocycles. The van der Waals surface area contributed by atoms with E-state index in [1.54, 1.807) is 12.2 Å². The van der Waals surface area contributed by atoms with Crippen molar-refractivity contribution in [1.82, 2.24) is 14.7 Å². The summed E-state index contributed by atoms with van der Waals surface area (Å²) in [5.41, 5.74) is 1.59. The number of aliphatic imine (C=N–C) groups is 1. The molecule has 1 aromatic carbocycles. The van der Waals surface area contributed by atoms with Gasteiger partial charge in [0.2, 0.25) is 11.0 Å². The molecule has 1 fully saturated rings. The molecular weight excluding hydrogens is 570 g/mol. The molecule has 1 N–H and O–H groups in total. The molecule has 0 radical (unpaired) electrons. The average molecular weight is 600 g/mol. The van der Waals surface area contributed by atoms with Gasteiger partial charge in [-0.25, -0.2) is 19.4 Å². The Hall–Kier alpha value is -4.01. The fraction of sp³-hybridized carbons (Fsp3) is 0.370. The van der Waals surface area contributed by atoms with E-state index < -0.39 is 23.8 Å². The Morgan fingerprint density at radius 3 is 2.34 bits per heavy atom. The summed E-state index contributed by atoms with van der Waals surface area (Å²) in [6.07, 6.45) is 4.74. The maximum Gasteiger partial charge on any atom is 0.339 e. The molecule has 3 aliphatic rings. The van der Waals surface area contributed by atoms with Crippen molar-refractivity contribution in [3.8, 4) is 0 Å². The smallest absolute Gasteiger partial charge is 0.339 e. The number of allylic oxidation sites excluding steroid dienone is 1. The van der Waals surface area contributed by atoms with E-state index in [0.717, 1.165) is 0 Å². The second-order valence-corrected chi connectivity index (χ2v) is 9.99. The molecule has 41 heavy (non-hydrogen) atoms. The Bertz CT molecular complexity index is 1380. The Labute approximate surface area is 247 Å². The maximum absolute atomic E-state index is 13.1. The first kappa shape index (κ1) is 30.0. The maximum atomic E-state index is 13.1. The van der Waals surface area contributed by atoms with Crippen LogP contribution in [0.1, 0.15) is 20.7 Å². The van der Waals surface area contributed by atoms with Crippen molar-refractivity contribution in [2.24, 2.45) is 10.9 Å². The summed E-state index contributed by atoms with van der Waals surface area (Å²) in [5, 5.41) is 3.63. The van der Waals surface area contributed by atoms with E-state index in [2.05, 4.69) is 15.2 Å². The molecule has 2 heterocycles. The molecule has 1 aliphatic carbocycles. The summed E-state index contributed by atoms with van der Waals surface area (Å²) in [6.45, 7) is 3.50. The molecule has 1 aromatic rings. The van der Waals surface area contributed by atoms with Crippen LogP contribution in [0.5, 0.6) is 0 Å². The van der Waals surface area contributed by atoms with Crippen LogP contribution >= 0.6 is 24.4 Å². The Balaban J connectivity index is 1.33. The SMILES string of the molecule is COC(=O)C1=CC2=NC(=S)N(CCN3CCN(C(=S)Nc4cc(C(=O)OC)ccc4C(=O)OC)CC3)C(=O)C2C=C1. The van der Waals surface area contributed by atoms with Crippen LogP contribution < -0.4 is 5.32 Å². The van der Waals surface area contributed by atoms with Crippen LogP contribution in [0, 0.1) is 5.92 Å². The van der Waals surface area contributed by atoms with Gasteiger partial charge < -0.3 is 24.4 Å². The zero-order chi connectivity index (χ0) is 29.7. The first-order valence-corrected chi connectivity index (χ1v) is 13.5. The van der Waals surface area contributed by atoms with Crippen LogP contribution in [0.4, 0.5) is 5.69 Å². The van der Waals surface area contributed by atoms with Gasteiger partial charge in [-0.15, -0.1) is 0 Å². The molecule has 1 saturated heterocycles. The van der Waals surface area contributed by atoms with E-state index in [1.807, 2.05) is 4.90 Å². The zero-order valence-corrected chi connectivity index (χ0v) is 24.4. The number of benzene rings is 1. The summed E-state index contributed by atoms with van der Waals surface area (Å²) in [6, 6.07) is 4.47. The first-order valence-electron chi connectivity index (χ1n) is 12.7. The van der Waals surface area contributed by atoms with Crippen molar-refractivity contribution in [3.05, 3.63) is 53.1 Å². The number of ether oxygens (including phenoxy) is 3. The molecule has 14 heteroatoms. The predicted octanol–water partition coefficient (Wildman–Crippen LogP) is 1.43. The van der Waals surface area contributed by atoms with Gasteiger partial charge in [0.1, 0.15) is 0 Å². The van der Waals surface area contributed by atoms with Crippen LogP contribution in [0.25, 0.3) is 0 Å². The number of thiocarbonyl (C=S) groups is 2. The number of methoxy groups -OCH3 is 3. The largest absolute Gasteiger partial charge is 0.465 e. The molecule has 1 atom stereocenters. The fourth-order valence-corrected chi connectivity index (χ4v) is 5.16. The highest BCUT2D eigenvalue weighted by Gasteiger charge is 2.35. The molecule has 0 bridgehead atoms. The number of hydrogen-bond acceptors (Lipinski definition) is 10. The van der Waals surface area contributed by atoms with Crippen LogP contribution in [-0.2, 0) is 23.8 Å². The van der Waals surface area contributed by atoms with E-state index in [1.165, 1.54) is 50.5 Å². The molecule has 0 spiro atoms. The van der Waals surface area contributed by atoms with Gasteiger partial charge in [-0.05, 0) is 48.7 Å². The zero-order valence-electron chi connectivity index (χ0n) is 22.7. The molecule has 1 unspecified atom stereocenters. The summed E-state index contributed by atoms with van der Waals surface area (Å²) in [5.74, 6) is -2.39. The number of anilines is 1. The molecule has 12 nitrogen and oxygen atoms in total. The standard InChI is InChI=1S/C27H29N5O7S2/c1-37-23(34)16-4-6-18-20(14-16)29-27(41)32(22(18)33)13-10-30-8-11-31(12-9-30)26(40)28-21-15-17(24(35)38-2)5-7-19(21)25(36)39-3/h4-7,14-15,18H,8-13H2,1-3H3,(H,28,40). The summed E-state index contributed by atoms with van der Waals surface area (Å²) >= 11 is 11.0. The van der Waals surface area contributed by atoms with Gasteiger partial charge in [-0.3, -0.25) is 14.6 Å². The highest BCUT2D eigenvalue weighted by molar-refractivity contribution is 7.80. The molecular formula is C27H29N5O7S2. The van der Waals surface area contributed by atoms with Gasteiger partial charge in [-0.1, -0.05) is 12.2 Å². The minimum atomic E-state index is -0.594. The molecule has 216 valence electrons.